The summed E-state index contributed by atoms with van der Waals surface area (Å²) in [4.78, 5) is 11.8. The fraction of sp³-hybridized carbons (Fsp3) is 0.600. The van der Waals surface area contributed by atoms with Crippen LogP contribution in [0, 0.1) is 17.3 Å². The number of fused-ring (bicyclic) bond motifs is 3. The highest BCUT2D eigenvalue weighted by Gasteiger charge is 2.52. The maximum atomic E-state index is 11.8. The molecule has 4 nitrogen and oxygen atoms in total. The maximum Gasteiger partial charge on any atom is 0.309 e. The number of esters is 1. The Morgan fingerprint density at radius 3 is 2.95 bits per heavy atom. The number of ether oxygens (including phenoxy) is 1. The number of hydrogen-bond donors (Lipinski definition) is 1. The Kier molecular flexibility index (Phi) is 2.59. The van der Waals surface area contributed by atoms with E-state index < -0.39 is 0 Å². The van der Waals surface area contributed by atoms with E-state index in [1.807, 2.05) is 19.9 Å². The van der Waals surface area contributed by atoms with Crippen molar-refractivity contribution < 1.29 is 14.7 Å². The molecule has 0 amide bonds. The minimum atomic E-state index is -0.150. The lowest BCUT2D eigenvalue weighted by molar-refractivity contribution is -0.143. The quantitative estimate of drug-likeness (QED) is 0.414. The van der Waals surface area contributed by atoms with Gasteiger partial charge in [0.25, 0.3) is 0 Å². The summed E-state index contributed by atoms with van der Waals surface area (Å²) in [7, 11) is 0. The monoisotopic (exact) mass is 261 g/mol. The van der Waals surface area contributed by atoms with Crippen LogP contribution in [0.15, 0.2) is 28.5 Å². The van der Waals surface area contributed by atoms with Crippen molar-refractivity contribution in [2.45, 2.75) is 39.7 Å². The van der Waals surface area contributed by atoms with E-state index in [9.17, 15) is 4.79 Å². The highest BCUT2D eigenvalue weighted by molar-refractivity contribution is 6.09. The lowest BCUT2D eigenvalue weighted by Crippen LogP contribution is -2.39. The molecule has 4 heteroatoms. The molecule has 0 aromatic heterocycles. The van der Waals surface area contributed by atoms with Crippen LogP contribution in [0.3, 0.4) is 0 Å². The lowest BCUT2D eigenvalue weighted by atomic mass is 9.61. The average molecular weight is 261 g/mol. The van der Waals surface area contributed by atoms with Gasteiger partial charge in [0.2, 0.25) is 0 Å². The fourth-order valence-electron chi connectivity index (χ4n) is 3.81. The maximum absolute atomic E-state index is 11.8. The third kappa shape index (κ3) is 1.58. The largest absolute Gasteiger partial charge is 0.457 e. The second kappa shape index (κ2) is 3.95. The van der Waals surface area contributed by atoms with Crippen LogP contribution in [0.5, 0.6) is 0 Å². The van der Waals surface area contributed by atoms with E-state index in [1.165, 1.54) is 0 Å². The van der Waals surface area contributed by atoms with E-state index >= 15 is 0 Å². The molecular weight excluding hydrogens is 242 g/mol. The summed E-state index contributed by atoms with van der Waals surface area (Å²) in [6, 6.07) is 0. The first-order valence-corrected chi connectivity index (χ1v) is 6.81. The molecule has 0 bridgehead atoms. The van der Waals surface area contributed by atoms with Crippen LogP contribution in [-0.4, -0.2) is 23.0 Å². The zero-order valence-corrected chi connectivity index (χ0v) is 11.5. The van der Waals surface area contributed by atoms with Crippen molar-refractivity contribution in [3.05, 3.63) is 23.3 Å². The van der Waals surface area contributed by atoms with Gasteiger partial charge in [0.1, 0.15) is 11.8 Å². The van der Waals surface area contributed by atoms with Crippen LogP contribution in [0.2, 0.25) is 0 Å². The highest BCUT2D eigenvalue weighted by atomic mass is 16.6. The van der Waals surface area contributed by atoms with E-state index in [4.69, 9.17) is 9.94 Å². The molecule has 0 aromatic rings. The van der Waals surface area contributed by atoms with Crippen LogP contribution in [-0.2, 0) is 9.53 Å². The zero-order chi connectivity index (χ0) is 13.8. The molecule has 1 saturated heterocycles. The third-order valence-corrected chi connectivity index (χ3v) is 5.05. The lowest BCUT2D eigenvalue weighted by Gasteiger charge is -2.43. The molecular formula is C15H19NO3. The predicted octanol–water partition coefficient (Wildman–Crippen LogP) is 2.68. The van der Waals surface area contributed by atoms with Crippen molar-refractivity contribution in [2.24, 2.45) is 22.4 Å². The van der Waals surface area contributed by atoms with Gasteiger partial charge in [-0.25, -0.2) is 0 Å². The Bertz CT molecular complexity index is 532. The number of rotatable bonds is 0. The molecule has 1 heterocycles. The van der Waals surface area contributed by atoms with Crippen LogP contribution >= 0.6 is 0 Å². The van der Waals surface area contributed by atoms with Gasteiger partial charge in [-0.15, -0.1) is 0 Å². The van der Waals surface area contributed by atoms with E-state index in [-0.39, 0.29) is 29.3 Å². The molecule has 2 aliphatic carbocycles. The van der Waals surface area contributed by atoms with Gasteiger partial charge >= 0.3 is 5.97 Å². The molecule has 3 rings (SSSR count). The van der Waals surface area contributed by atoms with Gasteiger partial charge in [-0.05, 0) is 37.0 Å². The number of carbonyl (C=O) groups is 1. The van der Waals surface area contributed by atoms with E-state index in [0.717, 1.165) is 24.0 Å². The van der Waals surface area contributed by atoms with Gasteiger partial charge in [0.15, 0.2) is 0 Å². The first-order valence-electron chi connectivity index (χ1n) is 6.81. The number of hydrogen-bond acceptors (Lipinski definition) is 4. The van der Waals surface area contributed by atoms with Crippen molar-refractivity contribution in [2.75, 3.05) is 0 Å². The molecule has 4 unspecified atom stereocenters. The summed E-state index contributed by atoms with van der Waals surface area (Å²) in [6.07, 6.45) is 5.80. The first kappa shape index (κ1) is 12.5. The van der Waals surface area contributed by atoms with Gasteiger partial charge in [-0.3, -0.25) is 4.79 Å². The molecule has 2 fully saturated rings. The fourth-order valence-corrected chi connectivity index (χ4v) is 3.81. The average Bonchev–Trinajstić information content (AvgIpc) is 2.65. The van der Waals surface area contributed by atoms with Crippen LogP contribution in [0.1, 0.15) is 33.6 Å². The molecule has 0 spiro atoms. The molecule has 19 heavy (non-hydrogen) atoms. The van der Waals surface area contributed by atoms with E-state index in [1.54, 1.807) is 0 Å². The van der Waals surface area contributed by atoms with Crippen molar-refractivity contribution in [3.63, 3.8) is 0 Å². The van der Waals surface area contributed by atoms with E-state index in [0.29, 0.717) is 5.71 Å². The number of allylic oxidation sites excluding steroid dienone is 3. The normalized spacial score (nSPS) is 43.2. The van der Waals surface area contributed by atoms with Gasteiger partial charge in [0, 0.05) is 11.3 Å². The van der Waals surface area contributed by atoms with E-state index in [2.05, 4.69) is 18.2 Å². The Hall–Kier alpha value is -1.58. The summed E-state index contributed by atoms with van der Waals surface area (Å²) < 4.78 is 5.61. The van der Waals surface area contributed by atoms with Crippen LogP contribution in [0.25, 0.3) is 0 Å². The Balaban J connectivity index is 2.11. The van der Waals surface area contributed by atoms with Gasteiger partial charge < -0.3 is 9.94 Å². The Labute approximate surface area is 112 Å². The summed E-state index contributed by atoms with van der Waals surface area (Å²) in [5.74, 6) is 0.129. The zero-order valence-electron chi connectivity index (χ0n) is 11.5. The van der Waals surface area contributed by atoms with Crippen LogP contribution in [0.4, 0.5) is 0 Å². The molecule has 1 aliphatic heterocycles. The van der Waals surface area contributed by atoms with Gasteiger partial charge in [-0.1, -0.05) is 25.1 Å². The van der Waals surface area contributed by atoms with Crippen molar-refractivity contribution >= 4 is 11.7 Å². The van der Waals surface area contributed by atoms with Gasteiger partial charge in [-0.2, -0.15) is 0 Å². The summed E-state index contributed by atoms with van der Waals surface area (Å²) >= 11 is 0. The smallest absolute Gasteiger partial charge is 0.309 e. The van der Waals surface area contributed by atoms with Crippen molar-refractivity contribution in [3.8, 4) is 0 Å². The SMILES string of the molecule is CC1=C2C3OC(=O)C(C)C3CCC2(C)C=C/C1=N\O. The second-order valence-electron chi connectivity index (χ2n) is 6.12. The molecule has 102 valence electrons. The molecule has 0 radical (unpaired) electrons. The summed E-state index contributed by atoms with van der Waals surface area (Å²) in [6.45, 7) is 6.07. The van der Waals surface area contributed by atoms with Crippen molar-refractivity contribution in [1.82, 2.24) is 0 Å². The molecule has 0 aromatic carbocycles. The molecule has 1 N–H and O–H groups in total. The molecule has 3 aliphatic rings. The summed E-state index contributed by atoms with van der Waals surface area (Å²) in [5.41, 5.74) is 2.56. The minimum Gasteiger partial charge on any atom is -0.457 e. The number of carbonyl (C=O) groups excluding carboxylic acids is 1. The Morgan fingerprint density at radius 1 is 1.53 bits per heavy atom. The minimum absolute atomic E-state index is 0.0322. The Morgan fingerprint density at radius 2 is 2.26 bits per heavy atom. The second-order valence-corrected chi connectivity index (χ2v) is 6.12. The predicted molar refractivity (Wildman–Crippen MR) is 70.9 cm³/mol. The van der Waals surface area contributed by atoms with Gasteiger partial charge in [0.05, 0.1) is 5.92 Å². The van der Waals surface area contributed by atoms with Crippen LogP contribution < -0.4 is 0 Å². The standard InChI is InChI=1S/C15H19NO3/c1-8-10-4-6-15(3)7-5-11(16-18)9(2)12(15)13(10)19-14(8)17/h5,7-8,10,13,18H,4,6H2,1-3H3/b16-11+. The van der Waals surface area contributed by atoms with Crippen molar-refractivity contribution in [1.29, 1.82) is 0 Å². The topological polar surface area (TPSA) is 58.9 Å². The third-order valence-electron chi connectivity index (χ3n) is 5.05. The summed E-state index contributed by atoms with van der Waals surface area (Å²) in [5, 5.41) is 12.4. The molecule has 1 saturated carbocycles. The first-order chi connectivity index (χ1) is 8.98. The number of nitrogens with zero attached hydrogens (tertiary/aromatic N) is 1. The number of oxime groups is 1. The highest BCUT2D eigenvalue weighted by Crippen LogP contribution is 2.53. The molecule has 4 atom stereocenters.